The summed E-state index contributed by atoms with van der Waals surface area (Å²) < 4.78 is 1.78. The van der Waals surface area contributed by atoms with E-state index < -0.39 is 6.10 Å². The number of aryl methyl sites for hydroxylation is 2. The number of benzene rings is 1. The highest BCUT2D eigenvalue weighted by Crippen LogP contribution is 2.28. The molecule has 0 radical (unpaired) electrons. The zero-order valence-electron chi connectivity index (χ0n) is 10.1. The first-order chi connectivity index (χ1) is 8.00. The highest BCUT2D eigenvalue weighted by Gasteiger charge is 2.19. The van der Waals surface area contributed by atoms with E-state index in [-0.39, 0.29) is 0 Å². The Morgan fingerprint density at radius 3 is 2.59 bits per heavy atom. The van der Waals surface area contributed by atoms with E-state index in [1.165, 1.54) is 0 Å². The number of halogens is 1. The van der Waals surface area contributed by atoms with Gasteiger partial charge in [0, 0.05) is 23.3 Å². The molecule has 4 heteroatoms. The molecule has 1 aromatic heterocycles. The average molecular weight is 251 g/mol. The molecule has 0 aliphatic rings. The van der Waals surface area contributed by atoms with Gasteiger partial charge in [-0.2, -0.15) is 5.10 Å². The van der Waals surface area contributed by atoms with Crippen LogP contribution >= 0.6 is 11.6 Å². The van der Waals surface area contributed by atoms with Crippen LogP contribution in [0, 0.1) is 13.8 Å². The minimum absolute atomic E-state index is 0.626. The van der Waals surface area contributed by atoms with E-state index in [2.05, 4.69) is 5.10 Å². The van der Waals surface area contributed by atoms with E-state index in [9.17, 15) is 5.11 Å². The quantitative estimate of drug-likeness (QED) is 0.890. The van der Waals surface area contributed by atoms with Crippen molar-refractivity contribution in [2.45, 2.75) is 20.0 Å². The standard InChI is InChI=1S/C13H15ClN2O/c1-8-12(9(2)16(3)15-8)13(17)10-5-4-6-11(14)7-10/h4-7,13,17H,1-3H3. The van der Waals surface area contributed by atoms with Crippen LogP contribution in [0.2, 0.25) is 5.02 Å². The van der Waals surface area contributed by atoms with E-state index in [0.717, 1.165) is 22.5 Å². The molecular formula is C13H15ClN2O. The van der Waals surface area contributed by atoms with Crippen molar-refractivity contribution in [3.63, 3.8) is 0 Å². The summed E-state index contributed by atoms with van der Waals surface area (Å²) in [6, 6.07) is 7.27. The fraction of sp³-hybridized carbons (Fsp3) is 0.308. The summed E-state index contributed by atoms with van der Waals surface area (Å²) in [5, 5.41) is 15.3. The lowest BCUT2D eigenvalue weighted by Gasteiger charge is -2.12. The van der Waals surface area contributed by atoms with Crippen molar-refractivity contribution in [2.75, 3.05) is 0 Å². The van der Waals surface area contributed by atoms with Gasteiger partial charge in [0.1, 0.15) is 6.10 Å². The maximum Gasteiger partial charge on any atom is 0.108 e. The van der Waals surface area contributed by atoms with Crippen LogP contribution in [0.4, 0.5) is 0 Å². The fourth-order valence-electron chi connectivity index (χ4n) is 2.03. The maximum absolute atomic E-state index is 10.4. The average Bonchev–Trinajstić information content (AvgIpc) is 2.52. The summed E-state index contributed by atoms with van der Waals surface area (Å²) in [6.45, 7) is 3.85. The number of hydrogen-bond acceptors (Lipinski definition) is 2. The van der Waals surface area contributed by atoms with Crippen LogP contribution in [-0.4, -0.2) is 14.9 Å². The van der Waals surface area contributed by atoms with Crippen LogP contribution in [0.5, 0.6) is 0 Å². The highest BCUT2D eigenvalue weighted by molar-refractivity contribution is 6.30. The van der Waals surface area contributed by atoms with Crippen molar-refractivity contribution >= 4 is 11.6 Å². The van der Waals surface area contributed by atoms with Gasteiger partial charge in [-0.3, -0.25) is 4.68 Å². The van der Waals surface area contributed by atoms with Crippen LogP contribution in [-0.2, 0) is 7.05 Å². The number of nitrogens with zero attached hydrogens (tertiary/aromatic N) is 2. The van der Waals surface area contributed by atoms with Gasteiger partial charge in [0.05, 0.1) is 5.69 Å². The molecule has 0 spiro atoms. The van der Waals surface area contributed by atoms with Gasteiger partial charge in [-0.05, 0) is 31.5 Å². The summed E-state index contributed by atoms with van der Waals surface area (Å²) in [4.78, 5) is 0. The molecule has 2 rings (SSSR count). The molecule has 90 valence electrons. The monoisotopic (exact) mass is 250 g/mol. The summed E-state index contributed by atoms with van der Waals surface area (Å²) in [5.74, 6) is 0. The lowest BCUT2D eigenvalue weighted by molar-refractivity contribution is 0.218. The Labute approximate surface area is 106 Å². The Balaban J connectivity index is 2.47. The molecule has 0 amide bonds. The second kappa shape index (κ2) is 4.51. The molecule has 1 atom stereocenters. The molecule has 1 heterocycles. The third-order valence-electron chi connectivity index (χ3n) is 3.00. The molecule has 3 nitrogen and oxygen atoms in total. The zero-order chi connectivity index (χ0) is 12.6. The second-order valence-corrected chi connectivity index (χ2v) is 4.60. The van der Waals surface area contributed by atoms with Crippen LogP contribution in [0.3, 0.4) is 0 Å². The Morgan fingerprint density at radius 2 is 2.06 bits per heavy atom. The molecule has 1 unspecified atom stereocenters. The van der Waals surface area contributed by atoms with E-state index in [1.54, 1.807) is 16.8 Å². The van der Waals surface area contributed by atoms with Crippen LogP contribution in [0.25, 0.3) is 0 Å². The minimum atomic E-state index is -0.678. The molecule has 0 fully saturated rings. The number of aliphatic hydroxyl groups is 1. The topological polar surface area (TPSA) is 38.0 Å². The van der Waals surface area contributed by atoms with Crippen molar-refractivity contribution < 1.29 is 5.11 Å². The normalized spacial score (nSPS) is 12.8. The molecule has 2 aromatic rings. The molecule has 0 saturated heterocycles. The largest absolute Gasteiger partial charge is 0.384 e. The molecule has 17 heavy (non-hydrogen) atoms. The van der Waals surface area contributed by atoms with Gasteiger partial charge in [0.2, 0.25) is 0 Å². The fourth-order valence-corrected chi connectivity index (χ4v) is 2.23. The lowest BCUT2D eigenvalue weighted by Crippen LogP contribution is -2.03. The molecule has 0 aliphatic heterocycles. The smallest absolute Gasteiger partial charge is 0.108 e. The lowest BCUT2D eigenvalue weighted by atomic mass is 10.00. The van der Waals surface area contributed by atoms with Crippen LogP contribution < -0.4 is 0 Å². The van der Waals surface area contributed by atoms with Gasteiger partial charge >= 0.3 is 0 Å². The zero-order valence-corrected chi connectivity index (χ0v) is 10.9. The van der Waals surface area contributed by atoms with E-state index in [4.69, 9.17) is 11.6 Å². The Morgan fingerprint density at radius 1 is 1.35 bits per heavy atom. The molecule has 0 saturated carbocycles. The summed E-state index contributed by atoms with van der Waals surface area (Å²) in [6.07, 6.45) is -0.678. The van der Waals surface area contributed by atoms with Crippen molar-refractivity contribution in [3.8, 4) is 0 Å². The first-order valence-corrected chi connectivity index (χ1v) is 5.82. The van der Waals surface area contributed by atoms with Crippen molar-refractivity contribution in [1.29, 1.82) is 0 Å². The van der Waals surface area contributed by atoms with Gasteiger partial charge in [0.15, 0.2) is 0 Å². The first kappa shape index (κ1) is 12.1. The van der Waals surface area contributed by atoms with Gasteiger partial charge in [-0.1, -0.05) is 23.7 Å². The Bertz CT molecular complexity index is 548. The first-order valence-electron chi connectivity index (χ1n) is 5.44. The third-order valence-corrected chi connectivity index (χ3v) is 3.24. The summed E-state index contributed by atoms with van der Waals surface area (Å²) >= 11 is 5.93. The van der Waals surface area contributed by atoms with Crippen molar-refractivity contribution in [3.05, 3.63) is 51.8 Å². The molecular weight excluding hydrogens is 236 g/mol. The summed E-state index contributed by atoms with van der Waals surface area (Å²) in [7, 11) is 1.87. The second-order valence-electron chi connectivity index (χ2n) is 4.17. The molecule has 0 aliphatic carbocycles. The minimum Gasteiger partial charge on any atom is -0.384 e. The van der Waals surface area contributed by atoms with Crippen LogP contribution in [0.1, 0.15) is 28.6 Å². The third kappa shape index (κ3) is 2.21. The molecule has 0 bridgehead atoms. The number of aliphatic hydroxyl groups excluding tert-OH is 1. The molecule has 1 N–H and O–H groups in total. The number of aromatic nitrogens is 2. The van der Waals surface area contributed by atoms with Gasteiger partial charge in [0.25, 0.3) is 0 Å². The van der Waals surface area contributed by atoms with Gasteiger partial charge in [-0.25, -0.2) is 0 Å². The maximum atomic E-state index is 10.4. The van der Waals surface area contributed by atoms with E-state index in [1.807, 2.05) is 33.0 Å². The van der Waals surface area contributed by atoms with E-state index in [0.29, 0.717) is 5.02 Å². The van der Waals surface area contributed by atoms with E-state index >= 15 is 0 Å². The Kier molecular flexibility index (Phi) is 3.22. The van der Waals surface area contributed by atoms with Crippen molar-refractivity contribution in [2.24, 2.45) is 7.05 Å². The predicted octanol–water partition coefficient (Wildman–Crippen LogP) is 2.77. The summed E-state index contributed by atoms with van der Waals surface area (Å²) in [5.41, 5.74) is 3.46. The van der Waals surface area contributed by atoms with Gasteiger partial charge in [-0.15, -0.1) is 0 Å². The highest BCUT2D eigenvalue weighted by atomic mass is 35.5. The SMILES string of the molecule is Cc1nn(C)c(C)c1C(O)c1cccc(Cl)c1. The predicted molar refractivity (Wildman–Crippen MR) is 68.2 cm³/mol. The van der Waals surface area contributed by atoms with Gasteiger partial charge < -0.3 is 5.11 Å². The molecule has 1 aromatic carbocycles. The van der Waals surface area contributed by atoms with Crippen molar-refractivity contribution in [1.82, 2.24) is 9.78 Å². The number of rotatable bonds is 2. The number of hydrogen-bond donors (Lipinski definition) is 1. The van der Waals surface area contributed by atoms with Crippen LogP contribution in [0.15, 0.2) is 24.3 Å². The Hall–Kier alpha value is -1.32.